The van der Waals surface area contributed by atoms with Crippen molar-refractivity contribution in [3.8, 4) is 0 Å². The van der Waals surface area contributed by atoms with Crippen LogP contribution in [-0.4, -0.2) is 30.2 Å². The highest BCUT2D eigenvalue weighted by molar-refractivity contribution is 7.98. The smallest absolute Gasteiger partial charge is 0.250 e. The first kappa shape index (κ1) is 13.5. The summed E-state index contributed by atoms with van der Waals surface area (Å²) in [6, 6.07) is 6.97. The molecule has 5 heteroatoms. The fraction of sp³-hybridized carbons (Fsp3) is 0.467. The number of para-hydroxylation sites is 1. The molecule has 3 rings (SSSR count). The Morgan fingerprint density at radius 1 is 1.25 bits per heavy atom. The maximum atomic E-state index is 12.7. The molecule has 1 aromatic carbocycles. The van der Waals surface area contributed by atoms with Gasteiger partial charge in [0, 0.05) is 4.90 Å². The van der Waals surface area contributed by atoms with E-state index in [1.807, 2.05) is 30.5 Å². The summed E-state index contributed by atoms with van der Waals surface area (Å²) in [5, 5.41) is 2.88. The number of amides is 2. The van der Waals surface area contributed by atoms with Crippen molar-refractivity contribution < 1.29 is 9.59 Å². The number of anilines is 1. The topological polar surface area (TPSA) is 49.4 Å². The highest BCUT2D eigenvalue weighted by Gasteiger charge is 2.46. The Morgan fingerprint density at radius 3 is 2.60 bits per heavy atom. The lowest BCUT2D eigenvalue weighted by Gasteiger charge is -2.38. The lowest BCUT2D eigenvalue weighted by atomic mass is 10.0. The Labute approximate surface area is 122 Å². The zero-order chi connectivity index (χ0) is 14.3. The van der Waals surface area contributed by atoms with E-state index in [1.165, 1.54) is 0 Å². The molecule has 106 valence electrons. The van der Waals surface area contributed by atoms with Gasteiger partial charge in [-0.3, -0.25) is 14.5 Å². The van der Waals surface area contributed by atoms with Crippen LogP contribution in [0.3, 0.4) is 0 Å². The van der Waals surface area contributed by atoms with Gasteiger partial charge in [0.1, 0.15) is 12.1 Å². The first-order chi connectivity index (χ1) is 9.63. The lowest BCUT2D eigenvalue weighted by Crippen LogP contribution is -2.63. The number of piperazine rings is 1. The van der Waals surface area contributed by atoms with Gasteiger partial charge >= 0.3 is 0 Å². The average Bonchev–Trinajstić information content (AvgIpc) is 3.28. The predicted molar refractivity (Wildman–Crippen MR) is 79.8 cm³/mol. The standard InChI is InChI=1S/C15H18N2O2S/c1-9-14(18)16-13(10-7-8-10)15(19)17(9)11-5-3-4-6-12(11)20-2/h3-6,9-10,13H,7-8H2,1-2H3,(H,16,18). The molecular formula is C15H18N2O2S. The van der Waals surface area contributed by atoms with Crippen molar-refractivity contribution in [3.05, 3.63) is 24.3 Å². The van der Waals surface area contributed by atoms with E-state index < -0.39 is 6.04 Å². The molecule has 1 saturated heterocycles. The molecule has 2 aliphatic rings. The molecule has 1 N–H and O–H groups in total. The van der Waals surface area contributed by atoms with Crippen LogP contribution in [0.5, 0.6) is 0 Å². The Hall–Kier alpha value is -1.49. The number of hydrogen-bond acceptors (Lipinski definition) is 3. The summed E-state index contributed by atoms with van der Waals surface area (Å²) >= 11 is 1.59. The minimum absolute atomic E-state index is 0.0288. The van der Waals surface area contributed by atoms with E-state index in [-0.39, 0.29) is 17.9 Å². The molecule has 1 saturated carbocycles. The number of carbonyl (C=O) groups excluding carboxylic acids is 2. The highest BCUT2D eigenvalue weighted by Crippen LogP contribution is 2.38. The van der Waals surface area contributed by atoms with Crippen LogP contribution in [0.2, 0.25) is 0 Å². The molecule has 0 aromatic heterocycles. The molecule has 0 radical (unpaired) electrons. The van der Waals surface area contributed by atoms with Gasteiger partial charge in [0.15, 0.2) is 0 Å². The van der Waals surface area contributed by atoms with Gasteiger partial charge in [0.25, 0.3) is 5.91 Å². The van der Waals surface area contributed by atoms with E-state index in [0.717, 1.165) is 23.4 Å². The van der Waals surface area contributed by atoms with Crippen LogP contribution in [0.4, 0.5) is 5.69 Å². The van der Waals surface area contributed by atoms with Gasteiger partial charge in [0.2, 0.25) is 5.91 Å². The largest absolute Gasteiger partial charge is 0.342 e. The average molecular weight is 290 g/mol. The Kier molecular flexibility index (Phi) is 3.46. The van der Waals surface area contributed by atoms with Crippen molar-refractivity contribution in [2.24, 2.45) is 5.92 Å². The van der Waals surface area contributed by atoms with Gasteiger partial charge < -0.3 is 5.32 Å². The van der Waals surface area contributed by atoms with Crippen LogP contribution < -0.4 is 10.2 Å². The second-order valence-corrected chi connectivity index (χ2v) is 6.23. The van der Waals surface area contributed by atoms with E-state index in [0.29, 0.717) is 5.92 Å². The Bertz CT molecular complexity index is 557. The SMILES string of the molecule is CSc1ccccc1N1C(=O)C(C2CC2)NC(=O)C1C. The fourth-order valence-corrected chi connectivity index (χ4v) is 3.29. The lowest BCUT2D eigenvalue weighted by molar-refractivity contribution is -0.134. The van der Waals surface area contributed by atoms with Gasteiger partial charge in [-0.25, -0.2) is 0 Å². The Morgan fingerprint density at radius 2 is 1.95 bits per heavy atom. The molecule has 2 unspecified atom stereocenters. The maximum Gasteiger partial charge on any atom is 0.250 e. The van der Waals surface area contributed by atoms with Crippen molar-refractivity contribution in [1.82, 2.24) is 5.32 Å². The van der Waals surface area contributed by atoms with Crippen molar-refractivity contribution >= 4 is 29.3 Å². The van der Waals surface area contributed by atoms with Crippen LogP contribution in [0, 0.1) is 5.92 Å². The van der Waals surface area contributed by atoms with Gasteiger partial charge in [0.05, 0.1) is 5.69 Å². The molecule has 0 spiro atoms. The third-order valence-corrected chi connectivity index (χ3v) is 4.79. The number of hydrogen-bond donors (Lipinski definition) is 1. The third kappa shape index (κ3) is 2.20. The number of benzene rings is 1. The van der Waals surface area contributed by atoms with Crippen molar-refractivity contribution in [1.29, 1.82) is 0 Å². The quantitative estimate of drug-likeness (QED) is 0.867. The summed E-state index contributed by atoms with van der Waals surface area (Å²) in [6.07, 6.45) is 4.04. The monoisotopic (exact) mass is 290 g/mol. The zero-order valence-corrected chi connectivity index (χ0v) is 12.4. The molecule has 2 atom stereocenters. The molecule has 1 heterocycles. The summed E-state index contributed by atoms with van der Waals surface area (Å²) in [5.41, 5.74) is 0.845. The minimum atomic E-state index is -0.453. The molecule has 1 aliphatic heterocycles. The van der Waals surface area contributed by atoms with Crippen LogP contribution in [0.1, 0.15) is 19.8 Å². The number of nitrogens with one attached hydrogen (secondary N) is 1. The summed E-state index contributed by atoms with van der Waals surface area (Å²) < 4.78 is 0. The van der Waals surface area contributed by atoms with Crippen molar-refractivity contribution in [2.45, 2.75) is 36.7 Å². The summed E-state index contributed by atoms with van der Waals surface area (Å²) in [4.78, 5) is 27.6. The summed E-state index contributed by atoms with van der Waals surface area (Å²) in [5.74, 6) is 0.293. The molecule has 20 heavy (non-hydrogen) atoms. The van der Waals surface area contributed by atoms with Gasteiger partial charge in [-0.2, -0.15) is 0 Å². The number of nitrogens with zero attached hydrogens (tertiary/aromatic N) is 1. The molecule has 0 bridgehead atoms. The molecular weight excluding hydrogens is 272 g/mol. The van der Waals surface area contributed by atoms with E-state index in [4.69, 9.17) is 0 Å². The van der Waals surface area contributed by atoms with Crippen LogP contribution in [0.15, 0.2) is 29.2 Å². The van der Waals surface area contributed by atoms with E-state index in [1.54, 1.807) is 23.6 Å². The first-order valence-corrected chi connectivity index (χ1v) is 8.12. The molecule has 4 nitrogen and oxygen atoms in total. The number of rotatable bonds is 3. The fourth-order valence-electron chi connectivity index (χ4n) is 2.70. The van der Waals surface area contributed by atoms with Gasteiger partial charge in [-0.05, 0) is 44.1 Å². The van der Waals surface area contributed by atoms with E-state index >= 15 is 0 Å². The molecule has 2 fully saturated rings. The van der Waals surface area contributed by atoms with Gasteiger partial charge in [-0.15, -0.1) is 11.8 Å². The van der Waals surface area contributed by atoms with Crippen LogP contribution >= 0.6 is 11.8 Å². The van der Waals surface area contributed by atoms with E-state index in [2.05, 4.69) is 5.32 Å². The first-order valence-electron chi connectivity index (χ1n) is 6.90. The van der Waals surface area contributed by atoms with Gasteiger partial charge in [-0.1, -0.05) is 12.1 Å². The summed E-state index contributed by atoms with van der Waals surface area (Å²) in [7, 11) is 0. The van der Waals surface area contributed by atoms with Crippen LogP contribution in [0.25, 0.3) is 0 Å². The normalized spacial score (nSPS) is 26.6. The highest BCUT2D eigenvalue weighted by atomic mass is 32.2. The maximum absolute atomic E-state index is 12.7. The van der Waals surface area contributed by atoms with E-state index in [9.17, 15) is 9.59 Å². The van der Waals surface area contributed by atoms with Crippen molar-refractivity contribution in [2.75, 3.05) is 11.2 Å². The van der Waals surface area contributed by atoms with Crippen LogP contribution in [-0.2, 0) is 9.59 Å². The number of thioether (sulfide) groups is 1. The molecule has 1 aromatic rings. The number of carbonyl (C=O) groups is 2. The Balaban J connectivity index is 1.99. The molecule has 1 aliphatic carbocycles. The predicted octanol–water partition coefficient (Wildman–Crippen LogP) is 2.04. The summed E-state index contributed by atoms with van der Waals surface area (Å²) in [6.45, 7) is 1.79. The van der Waals surface area contributed by atoms with Crippen molar-refractivity contribution in [3.63, 3.8) is 0 Å². The zero-order valence-electron chi connectivity index (χ0n) is 11.6. The second-order valence-electron chi connectivity index (χ2n) is 5.38. The second kappa shape index (κ2) is 5.13. The minimum Gasteiger partial charge on any atom is -0.342 e. The third-order valence-electron chi connectivity index (χ3n) is 4.01. The molecule has 2 amide bonds.